The van der Waals surface area contributed by atoms with Gasteiger partial charge >= 0.3 is 15.5 Å². The van der Waals surface area contributed by atoms with E-state index in [1.165, 1.54) is 22.9 Å². The zero-order valence-corrected chi connectivity index (χ0v) is 9.84. The van der Waals surface area contributed by atoms with Crippen LogP contribution >= 0.6 is 0 Å². The van der Waals surface area contributed by atoms with Gasteiger partial charge in [0.1, 0.15) is 0 Å². The van der Waals surface area contributed by atoms with E-state index >= 15 is 0 Å². The summed E-state index contributed by atoms with van der Waals surface area (Å²) in [7, 11) is -4.41. The van der Waals surface area contributed by atoms with Crippen molar-refractivity contribution >= 4 is 21.6 Å². The van der Waals surface area contributed by atoms with Crippen molar-refractivity contribution < 1.29 is 26.7 Å². The van der Waals surface area contributed by atoms with Gasteiger partial charge in [0.25, 0.3) is 0 Å². The number of rotatable bonds is 3. The fraction of sp³-hybridized carbons (Fsp3) is 0.222. The third kappa shape index (κ3) is 2.92. The molecule has 9 heteroatoms. The van der Waals surface area contributed by atoms with Crippen LogP contribution in [0.15, 0.2) is 29.3 Å². The molecule has 18 heavy (non-hydrogen) atoms. The molecule has 0 spiro atoms. The largest absolute Gasteiger partial charge is 0.858 e. The Balaban J connectivity index is 3.22. The first-order valence-corrected chi connectivity index (χ1v) is 5.99. The van der Waals surface area contributed by atoms with Crippen molar-refractivity contribution in [1.29, 1.82) is 0 Å². The molecule has 1 aromatic rings. The van der Waals surface area contributed by atoms with Crippen LogP contribution in [-0.2, 0) is 10.0 Å². The summed E-state index contributed by atoms with van der Waals surface area (Å²) in [6, 6.07) is 4.88. The van der Waals surface area contributed by atoms with Crippen LogP contribution in [-0.4, -0.2) is 26.9 Å². The van der Waals surface area contributed by atoms with Gasteiger partial charge in [-0.15, -0.1) is 0 Å². The van der Waals surface area contributed by atoms with Crippen molar-refractivity contribution in [2.45, 2.75) is 5.51 Å². The van der Waals surface area contributed by atoms with Gasteiger partial charge in [0.05, 0.1) is 5.69 Å². The summed E-state index contributed by atoms with van der Waals surface area (Å²) in [5.41, 5.74) is -6.18. The third-order valence-electron chi connectivity index (χ3n) is 1.91. The lowest BCUT2D eigenvalue weighted by atomic mass is 10.2. The molecule has 0 aromatic heterocycles. The van der Waals surface area contributed by atoms with E-state index in [4.69, 9.17) is 0 Å². The summed E-state index contributed by atoms with van der Waals surface area (Å²) < 4.78 is 59.6. The lowest BCUT2D eigenvalue weighted by Crippen LogP contribution is -2.31. The number of alkyl halides is 3. The smallest absolute Gasteiger partial charge is 0.516 e. The molecule has 0 saturated carbocycles. The van der Waals surface area contributed by atoms with Gasteiger partial charge in [-0.3, -0.25) is 4.72 Å². The molecule has 0 aliphatic heterocycles. The minimum atomic E-state index is -5.56. The maximum Gasteiger partial charge on any atom is 0.516 e. The van der Waals surface area contributed by atoms with Crippen LogP contribution in [0.5, 0.6) is 0 Å². The number of hydrogen-bond acceptors (Lipinski definition) is 4. The van der Waals surface area contributed by atoms with E-state index in [-0.39, 0.29) is 5.56 Å². The van der Waals surface area contributed by atoms with Crippen molar-refractivity contribution in [3.63, 3.8) is 0 Å². The van der Waals surface area contributed by atoms with Crippen molar-refractivity contribution in [3.05, 3.63) is 29.8 Å². The highest BCUT2D eigenvalue weighted by molar-refractivity contribution is 7.93. The second kappa shape index (κ2) is 4.84. The Morgan fingerprint density at radius 3 is 2.39 bits per heavy atom. The molecule has 0 fully saturated rings. The predicted octanol–water partition coefficient (Wildman–Crippen LogP) is 0.685. The Morgan fingerprint density at radius 2 is 1.89 bits per heavy atom. The standard InChI is InChI=1S/C9H9F3N2O3S/c1-13-8(15)6-4-2-3-5-7(6)14-18(16,17)9(10,11)12/h2-5,14H,1H3,(H,13,15)/p-1. The molecule has 0 aliphatic carbocycles. The van der Waals surface area contributed by atoms with Crippen LogP contribution in [0.4, 0.5) is 18.9 Å². The molecule has 100 valence electrons. The Bertz CT molecular complexity index is 567. The number of hydrogen-bond donors (Lipinski definition) is 1. The van der Waals surface area contributed by atoms with E-state index in [1.54, 1.807) is 0 Å². The van der Waals surface area contributed by atoms with Crippen molar-refractivity contribution in [2.24, 2.45) is 4.99 Å². The van der Waals surface area contributed by atoms with E-state index < -0.39 is 27.1 Å². The quantitative estimate of drug-likeness (QED) is 0.653. The fourth-order valence-electron chi connectivity index (χ4n) is 1.08. The second-order valence-corrected chi connectivity index (χ2v) is 4.80. The summed E-state index contributed by atoms with van der Waals surface area (Å²) in [5.74, 6) is -0.824. The van der Waals surface area contributed by atoms with Crippen LogP contribution in [0.1, 0.15) is 5.56 Å². The van der Waals surface area contributed by atoms with Gasteiger partial charge in [-0.1, -0.05) is 18.2 Å². The van der Waals surface area contributed by atoms with Crippen molar-refractivity contribution in [3.8, 4) is 0 Å². The molecule has 0 saturated heterocycles. The van der Waals surface area contributed by atoms with Crippen LogP contribution in [0, 0.1) is 0 Å². The molecule has 1 rings (SSSR count). The minimum absolute atomic E-state index is 0.257. The molecule has 1 aromatic carbocycles. The minimum Gasteiger partial charge on any atom is -0.858 e. The van der Waals surface area contributed by atoms with Gasteiger partial charge in [0, 0.05) is 12.6 Å². The van der Waals surface area contributed by atoms with Crippen LogP contribution in [0.2, 0.25) is 0 Å². The van der Waals surface area contributed by atoms with Gasteiger partial charge in [-0.25, -0.2) is 0 Å². The van der Waals surface area contributed by atoms with E-state index in [2.05, 4.69) is 4.99 Å². The topological polar surface area (TPSA) is 81.6 Å². The summed E-state index contributed by atoms with van der Waals surface area (Å²) in [6.45, 7) is 0. The van der Waals surface area contributed by atoms with Crippen molar-refractivity contribution in [2.75, 3.05) is 11.8 Å². The number of benzene rings is 1. The van der Waals surface area contributed by atoms with E-state index in [9.17, 15) is 26.7 Å². The number of sulfonamides is 1. The van der Waals surface area contributed by atoms with Crippen LogP contribution in [0.3, 0.4) is 0 Å². The Kier molecular flexibility index (Phi) is 3.85. The summed E-state index contributed by atoms with van der Waals surface area (Å²) >= 11 is 0. The van der Waals surface area contributed by atoms with Crippen LogP contribution in [0.25, 0.3) is 0 Å². The zero-order valence-electron chi connectivity index (χ0n) is 9.02. The molecule has 0 amide bonds. The molecule has 1 N–H and O–H groups in total. The normalized spacial score (nSPS) is 13.4. The molecule has 0 unspecified atom stereocenters. The Labute approximate surface area is 101 Å². The first-order chi connectivity index (χ1) is 8.19. The van der Waals surface area contributed by atoms with E-state index in [0.29, 0.717) is 0 Å². The van der Waals surface area contributed by atoms with Crippen molar-refractivity contribution in [1.82, 2.24) is 0 Å². The lowest BCUT2D eigenvalue weighted by molar-refractivity contribution is -0.212. The lowest BCUT2D eigenvalue weighted by Gasteiger charge is -2.17. The average molecular weight is 281 g/mol. The fourth-order valence-corrected chi connectivity index (χ4v) is 1.66. The molecule has 5 nitrogen and oxygen atoms in total. The molecule has 0 heterocycles. The molecular weight excluding hydrogens is 273 g/mol. The molecule has 0 radical (unpaired) electrons. The molecule has 0 bridgehead atoms. The molecule has 0 aliphatic rings. The maximum absolute atomic E-state index is 12.2. The number of nitrogens with one attached hydrogen (secondary N) is 1. The Hall–Kier alpha value is -1.77. The van der Waals surface area contributed by atoms with Gasteiger partial charge in [0.2, 0.25) is 0 Å². The third-order valence-corrected chi connectivity index (χ3v) is 3.01. The van der Waals surface area contributed by atoms with Crippen LogP contribution < -0.4 is 9.83 Å². The van der Waals surface area contributed by atoms with Gasteiger partial charge < -0.3 is 10.1 Å². The number of para-hydroxylation sites is 1. The summed E-state index contributed by atoms with van der Waals surface area (Å²) in [5, 5.41) is 11.3. The van der Waals surface area contributed by atoms with E-state index in [0.717, 1.165) is 13.1 Å². The first-order valence-electron chi connectivity index (χ1n) is 4.51. The first kappa shape index (κ1) is 14.3. The van der Waals surface area contributed by atoms with Gasteiger partial charge in [-0.05, 0) is 12.0 Å². The Morgan fingerprint density at radius 1 is 1.33 bits per heavy atom. The number of anilines is 1. The number of aliphatic imine (C=N–C) groups is 1. The summed E-state index contributed by atoms with van der Waals surface area (Å²) in [6.07, 6.45) is 0. The molecule has 0 atom stereocenters. The number of nitrogens with zero attached hydrogens (tertiary/aromatic N) is 1. The average Bonchev–Trinajstić information content (AvgIpc) is 2.26. The highest BCUT2D eigenvalue weighted by atomic mass is 32.2. The maximum atomic E-state index is 12.2. The monoisotopic (exact) mass is 281 g/mol. The zero-order chi connectivity index (χ0) is 14.0. The van der Waals surface area contributed by atoms with E-state index in [1.807, 2.05) is 0 Å². The second-order valence-electron chi connectivity index (χ2n) is 3.13. The van der Waals surface area contributed by atoms with Gasteiger partial charge in [0.15, 0.2) is 0 Å². The number of halogens is 3. The van der Waals surface area contributed by atoms with Gasteiger partial charge in [-0.2, -0.15) is 21.6 Å². The SMILES string of the molecule is CN=C([O-])c1ccccc1NS(=O)(=O)C(F)(F)F. The summed E-state index contributed by atoms with van der Waals surface area (Å²) in [4.78, 5) is 3.26. The highest BCUT2D eigenvalue weighted by Crippen LogP contribution is 2.26. The highest BCUT2D eigenvalue weighted by Gasteiger charge is 2.46. The molecular formula is C9H8F3N2O3S-. The predicted molar refractivity (Wildman–Crippen MR) is 57.5 cm³/mol.